The predicted molar refractivity (Wildman–Crippen MR) is 202 cm³/mol. The minimum absolute atomic E-state index is 0.811. The summed E-state index contributed by atoms with van der Waals surface area (Å²) in [4.78, 5) is 2.37. The molecule has 1 aliphatic rings. The molecule has 1 aromatic heterocycles. The van der Waals surface area contributed by atoms with Gasteiger partial charge in [-0.3, -0.25) is 0 Å². The van der Waals surface area contributed by atoms with Gasteiger partial charge in [0.1, 0.15) is 22.7 Å². The molecule has 0 atom stereocenters. The van der Waals surface area contributed by atoms with Crippen LogP contribution in [-0.4, -0.2) is 0 Å². The molecule has 49 heavy (non-hydrogen) atoms. The Hall–Kier alpha value is -6.58. The van der Waals surface area contributed by atoms with Crippen molar-refractivity contribution in [2.24, 2.45) is 0 Å². The van der Waals surface area contributed by atoms with Crippen LogP contribution in [0.1, 0.15) is 0 Å². The molecule has 0 radical (unpaired) electrons. The average molecular weight is 628 g/mol. The van der Waals surface area contributed by atoms with Crippen molar-refractivity contribution in [2.75, 3.05) is 4.90 Å². The lowest BCUT2D eigenvalue weighted by molar-refractivity contribution is 0.488. The highest BCUT2D eigenvalue weighted by Gasteiger charge is 2.29. The van der Waals surface area contributed by atoms with Gasteiger partial charge in [-0.1, -0.05) is 127 Å². The van der Waals surface area contributed by atoms with E-state index in [0.717, 1.165) is 78.3 Å². The van der Waals surface area contributed by atoms with Gasteiger partial charge < -0.3 is 14.1 Å². The summed E-state index contributed by atoms with van der Waals surface area (Å²) in [7, 11) is 0. The molecule has 0 unspecified atom stereocenters. The lowest BCUT2D eigenvalue weighted by Crippen LogP contribution is -2.12. The summed E-state index contributed by atoms with van der Waals surface area (Å²) >= 11 is 0. The van der Waals surface area contributed by atoms with Gasteiger partial charge in [-0.25, -0.2) is 0 Å². The Balaban J connectivity index is 1.30. The van der Waals surface area contributed by atoms with Crippen LogP contribution in [0.25, 0.3) is 66.1 Å². The molecule has 0 fully saturated rings. The van der Waals surface area contributed by atoms with Crippen molar-refractivity contribution in [3.8, 4) is 44.9 Å². The highest BCUT2D eigenvalue weighted by molar-refractivity contribution is 6.10. The molecule has 0 N–H and O–H groups in total. The Morgan fingerprint density at radius 3 is 2.00 bits per heavy atom. The molecular weight excluding hydrogens is 599 g/mol. The van der Waals surface area contributed by atoms with Gasteiger partial charge in [0.15, 0.2) is 0 Å². The molecule has 3 heteroatoms. The first-order chi connectivity index (χ1) is 24.3. The van der Waals surface area contributed by atoms with Gasteiger partial charge in [0, 0.05) is 44.8 Å². The molecule has 0 amide bonds. The van der Waals surface area contributed by atoms with Crippen LogP contribution < -0.4 is 9.64 Å². The molecule has 1 aliphatic heterocycles. The van der Waals surface area contributed by atoms with Crippen molar-refractivity contribution in [3.05, 3.63) is 176 Å². The summed E-state index contributed by atoms with van der Waals surface area (Å²) in [6.45, 7) is 0. The molecule has 9 aromatic rings. The van der Waals surface area contributed by atoms with Crippen molar-refractivity contribution in [1.29, 1.82) is 0 Å². The number of rotatable bonds is 4. The van der Waals surface area contributed by atoms with E-state index in [2.05, 4.69) is 163 Å². The SMILES string of the molecule is c1ccc(-c2ccccc2N(c2ccc3c(c2)oc2ccccc23)c2cccc3c2-c2ccc4ccccc4c2-c2ccccc2O3)cc1. The van der Waals surface area contributed by atoms with Gasteiger partial charge >= 0.3 is 0 Å². The van der Waals surface area contributed by atoms with Crippen molar-refractivity contribution >= 4 is 49.8 Å². The number of para-hydroxylation sites is 3. The van der Waals surface area contributed by atoms with E-state index in [1.54, 1.807) is 0 Å². The van der Waals surface area contributed by atoms with Crippen molar-refractivity contribution in [1.82, 2.24) is 0 Å². The van der Waals surface area contributed by atoms with Crippen LogP contribution in [-0.2, 0) is 0 Å². The van der Waals surface area contributed by atoms with Crippen LogP contribution in [0.2, 0.25) is 0 Å². The fourth-order valence-electron chi connectivity index (χ4n) is 7.50. The number of ether oxygens (including phenoxy) is 1. The van der Waals surface area contributed by atoms with Crippen molar-refractivity contribution in [3.63, 3.8) is 0 Å². The molecule has 230 valence electrons. The maximum Gasteiger partial charge on any atom is 0.137 e. The average Bonchev–Trinajstić information content (AvgIpc) is 3.46. The topological polar surface area (TPSA) is 25.6 Å². The monoisotopic (exact) mass is 627 g/mol. The Morgan fingerprint density at radius 2 is 1.08 bits per heavy atom. The van der Waals surface area contributed by atoms with Gasteiger partial charge in [-0.15, -0.1) is 0 Å². The Bertz CT molecular complexity index is 2710. The molecule has 0 spiro atoms. The van der Waals surface area contributed by atoms with Gasteiger partial charge in [0.25, 0.3) is 0 Å². The highest BCUT2D eigenvalue weighted by atomic mass is 16.5. The second-order valence-corrected chi connectivity index (χ2v) is 12.5. The minimum Gasteiger partial charge on any atom is -0.456 e. The van der Waals surface area contributed by atoms with Crippen molar-refractivity contribution in [2.45, 2.75) is 0 Å². The zero-order valence-electron chi connectivity index (χ0n) is 26.5. The summed E-state index contributed by atoms with van der Waals surface area (Å²) in [5.41, 5.74) is 11.5. The highest BCUT2D eigenvalue weighted by Crippen LogP contribution is 2.55. The Morgan fingerprint density at radius 1 is 0.388 bits per heavy atom. The summed E-state index contributed by atoms with van der Waals surface area (Å²) in [6, 6.07) is 61.9. The molecule has 0 aliphatic carbocycles. The maximum atomic E-state index is 6.88. The summed E-state index contributed by atoms with van der Waals surface area (Å²) < 4.78 is 13.3. The summed E-state index contributed by atoms with van der Waals surface area (Å²) in [5, 5.41) is 4.59. The van der Waals surface area contributed by atoms with E-state index < -0.39 is 0 Å². The molecule has 8 aromatic carbocycles. The molecule has 0 saturated heterocycles. The van der Waals surface area contributed by atoms with E-state index in [9.17, 15) is 0 Å². The standard InChI is InChI=1S/C46H29NO2/c1-2-13-30(14-3-1)33-16-6-9-20-39(33)47(32-26-28-36-35-18-7-10-22-41(35)49-44(36)29-32)40-21-12-24-43-46(40)38-27-25-31-15-4-5-17-34(31)45(38)37-19-8-11-23-42(37)48-43/h1-29H. The number of hydrogen-bond donors (Lipinski definition) is 0. The number of nitrogens with zero attached hydrogens (tertiary/aromatic N) is 1. The lowest BCUT2D eigenvalue weighted by Gasteiger charge is -2.30. The largest absolute Gasteiger partial charge is 0.456 e. The van der Waals surface area contributed by atoms with Crippen LogP contribution in [0.4, 0.5) is 17.1 Å². The third-order valence-corrected chi connectivity index (χ3v) is 9.67. The molecular formula is C46H29NO2. The molecule has 10 rings (SSSR count). The van der Waals surface area contributed by atoms with Gasteiger partial charge in [-0.2, -0.15) is 0 Å². The van der Waals surface area contributed by atoms with Crippen LogP contribution in [0.3, 0.4) is 0 Å². The summed E-state index contributed by atoms with van der Waals surface area (Å²) in [5.74, 6) is 1.65. The third-order valence-electron chi connectivity index (χ3n) is 9.67. The molecule has 0 bridgehead atoms. The maximum absolute atomic E-state index is 6.88. The molecule has 2 heterocycles. The van der Waals surface area contributed by atoms with Crippen LogP contribution >= 0.6 is 0 Å². The first-order valence-corrected chi connectivity index (χ1v) is 16.6. The first-order valence-electron chi connectivity index (χ1n) is 16.6. The smallest absolute Gasteiger partial charge is 0.137 e. The van der Waals surface area contributed by atoms with E-state index in [1.807, 2.05) is 18.2 Å². The number of fused-ring (bicyclic) bond motifs is 10. The van der Waals surface area contributed by atoms with Gasteiger partial charge in [0.05, 0.1) is 11.4 Å². The molecule has 3 nitrogen and oxygen atoms in total. The van der Waals surface area contributed by atoms with E-state index in [4.69, 9.17) is 9.15 Å². The predicted octanol–water partition coefficient (Wildman–Crippen LogP) is 13.3. The van der Waals surface area contributed by atoms with Crippen LogP contribution in [0.5, 0.6) is 11.5 Å². The lowest BCUT2D eigenvalue weighted by atomic mass is 9.88. The van der Waals surface area contributed by atoms with E-state index in [-0.39, 0.29) is 0 Å². The number of benzene rings is 8. The third kappa shape index (κ3) is 4.37. The van der Waals surface area contributed by atoms with Gasteiger partial charge in [0.2, 0.25) is 0 Å². The quantitative estimate of drug-likeness (QED) is 0.194. The Labute approximate surface area is 283 Å². The van der Waals surface area contributed by atoms with Gasteiger partial charge in [-0.05, 0) is 64.4 Å². The number of hydrogen-bond acceptors (Lipinski definition) is 3. The number of furan rings is 1. The zero-order chi connectivity index (χ0) is 32.3. The van der Waals surface area contributed by atoms with Crippen LogP contribution in [0.15, 0.2) is 180 Å². The van der Waals surface area contributed by atoms with Crippen molar-refractivity contribution < 1.29 is 9.15 Å². The fraction of sp³-hybridized carbons (Fsp3) is 0. The minimum atomic E-state index is 0.811. The normalized spacial score (nSPS) is 11.8. The summed E-state index contributed by atoms with van der Waals surface area (Å²) in [6.07, 6.45) is 0. The second kappa shape index (κ2) is 11.0. The van der Waals surface area contributed by atoms with Crippen LogP contribution in [0, 0.1) is 0 Å². The van der Waals surface area contributed by atoms with E-state index >= 15 is 0 Å². The van der Waals surface area contributed by atoms with E-state index in [0.29, 0.717) is 0 Å². The first kappa shape index (κ1) is 27.5. The molecule has 0 saturated carbocycles. The number of anilines is 3. The Kier molecular flexibility index (Phi) is 6.18. The zero-order valence-corrected chi connectivity index (χ0v) is 26.5. The fourth-order valence-corrected chi connectivity index (χ4v) is 7.50. The second-order valence-electron chi connectivity index (χ2n) is 12.5. The van der Waals surface area contributed by atoms with E-state index in [1.165, 1.54) is 16.3 Å².